The average Bonchev–Trinajstić information content (AvgIpc) is 2.48. The molecule has 1 aliphatic heterocycles. The molecule has 1 fully saturated rings. The highest BCUT2D eigenvalue weighted by molar-refractivity contribution is 5.81. The summed E-state index contributed by atoms with van der Waals surface area (Å²) in [6, 6.07) is 0. The lowest BCUT2D eigenvalue weighted by molar-refractivity contribution is -0.138. The van der Waals surface area contributed by atoms with E-state index in [1.54, 1.807) is 0 Å². The molecule has 1 rings (SSSR count). The third-order valence-electron chi connectivity index (χ3n) is 1.92. The molecule has 4 heteroatoms. The van der Waals surface area contributed by atoms with Crippen LogP contribution in [-0.2, 0) is 19.1 Å². The summed E-state index contributed by atoms with van der Waals surface area (Å²) >= 11 is 0. The van der Waals surface area contributed by atoms with Gasteiger partial charge < -0.3 is 9.47 Å². The Morgan fingerprint density at radius 3 is 3.00 bits per heavy atom. The quantitative estimate of drug-likeness (QED) is 0.588. The highest BCUT2D eigenvalue weighted by Crippen LogP contribution is 2.17. The van der Waals surface area contributed by atoms with Crippen molar-refractivity contribution in [2.45, 2.75) is 19.8 Å². The van der Waals surface area contributed by atoms with Crippen LogP contribution in [0.1, 0.15) is 19.8 Å². The summed E-state index contributed by atoms with van der Waals surface area (Å²) in [5, 5.41) is 0. The molecule has 0 spiro atoms. The Morgan fingerprint density at radius 1 is 1.69 bits per heavy atom. The van der Waals surface area contributed by atoms with Crippen molar-refractivity contribution in [1.82, 2.24) is 0 Å². The zero-order valence-electron chi connectivity index (χ0n) is 7.75. The summed E-state index contributed by atoms with van der Waals surface area (Å²) in [6.45, 7) is 2.93. The molecule has 1 heterocycles. The second-order valence-electron chi connectivity index (χ2n) is 3.13. The molecular formula is C9H14O4. The van der Waals surface area contributed by atoms with Gasteiger partial charge in [0.05, 0.1) is 13.0 Å². The molecule has 1 aliphatic rings. The van der Waals surface area contributed by atoms with Crippen LogP contribution in [0.5, 0.6) is 0 Å². The monoisotopic (exact) mass is 186 g/mol. The number of cyclic esters (lactones) is 1. The molecule has 74 valence electrons. The summed E-state index contributed by atoms with van der Waals surface area (Å²) < 4.78 is 9.70. The van der Waals surface area contributed by atoms with Gasteiger partial charge in [-0.1, -0.05) is 0 Å². The second kappa shape index (κ2) is 4.97. The largest absolute Gasteiger partial charge is 0.465 e. The molecule has 0 amide bonds. The van der Waals surface area contributed by atoms with E-state index >= 15 is 0 Å². The van der Waals surface area contributed by atoms with Crippen molar-refractivity contribution in [3.8, 4) is 0 Å². The van der Waals surface area contributed by atoms with Crippen LogP contribution >= 0.6 is 0 Å². The van der Waals surface area contributed by atoms with Gasteiger partial charge in [0.25, 0.3) is 0 Å². The third kappa shape index (κ3) is 3.55. The molecule has 0 aromatic carbocycles. The molecule has 0 aliphatic carbocycles. The van der Waals surface area contributed by atoms with Crippen LogP contribution in [0, 0.1) is 5.92 Å². The van der Waals surface area contributed by atoms with E-state index in [-0.39, 0.29) is 24.3 Å². The average molecular weight is 186 g/mol. The molecule has 0 aromatic heterocycles. The van der Waals surface area contributed by atoms with Crippen LogP contribution in [0.25, 0.3) is 0 Å². The molecular weight excluding hydrogens is 172 g/mol. The van der Waals surface area contributed by atoms with Crippen molar-refractivity contribution < 1.29 is 19.1 Å². The highest BCUT2D eigenvalue weighted by atomic mass is 16.5. The number of ketones is 1. The second-order valence-corrected chi connectivity index (χ2v) is 3.13. The van der Waals surface area contributed by atoms with Gasteiger partial charge in [-0.2, -0.15) is 0 Å². The topological polar surface area (TPSA) is 52.6 Å². The zero-order valence-corrected chi connectivity index (χ0v) is 7.75. The fourth-order valence-corrected chi connectivity index (χ4v) is 1.29. The van der Waals surface area contributed by atoms with Crippen LogP contribution < -0.4 is 0 Å². The summed E-state index contributed by atoms with van der Waals surface area (Å²) in [6.07, 6.45) is 0.767. The normalized spacial score (nSPS) is 21.6. The third-order valence-corrected chi connectivity index (χ3v) is 1.92. The Hall–Kier alpha value is -0.900. The number of Topliss-reactive ketones (excluding diaryl/α,β-unsaturated/α-hetero) is 1. The molecule has 1 saturated heterocycles. The fourth-order valence-electron chi connectivity index (χ4n) is 1.29. The van der Waals surface area contributed by atoms with Gasteiger partial charge >= 0.3 is 5.97 Å². The zero-order chi connectivity index (χ0) is 9.68. The minimum Gasteiger partial charge on any atom is -0.465 e. The molecule has 0 bridgehead atoms. The van der Waals surface area contributed by atoms with Crippen LogP contribution in [0.3, 0.4) is 0 Å². The maximum atomic E-state index is 11.2. The van der Waals surface area contributed by atoms with Crippen LogP contribution in [-0.4, -0.2) is 31.6 Å². The predicted octanol–water partition coefficient (Wildman–Crippen LogP) is 0.545. The van der Waals surface area contributed by atoms with E-state index in [1.807, 2.05) is 6.92 Å². The SMILES string of the molecule is CCOCC(=O)CC1COC(=O)C1. The first kappa shape index (κ1) is 10.2. The Kier molecular flexibility index (Phi) is 3.89. The van der Waals surface area contributed by atoms with Crippen LogP contribution in [0.4, 0.5) is 0 Å². The minimum atomic E-state index is -0.200. The Labute approximate surface area is 77.2 Å². The van der Waals surface area contributed by atoms with Gasteiger partial charge in [-0.05, 0) is 6.92 Å². The van der Waals surface area contributed by atoms with Gasteiger partial charge in [0.15, 0.2) is 5.78 Å². The van der Waals surface area contributed by atoms with E-state index in [0.717, 1.165) is 0 Å². The van der Waals surface area contributed by atoms with Gasteiger partial charge in [-0.25, -0.2) is 0 Å². The number of hydrogen-bond donors (Lipinski definition) is 0. The van der Waals surface area contributed by atoms with Crippen LogP contribution in [0.2, 0.25) is 0 Å². The Balaban J connectivity index is 2.17. The lowest BCUT2D eigenvalue weighted by atomic mass is 10.0. The smallest absolute Gasteiger partial charge is 0.306 e. The van der Waals surface area contributed by atoms with Gasteiger partial charge in [-0.15, -0.1) is 0 Å². The van der Waals surface area contributed by atoms with Gasteiger partial charge in [-0.3, -0.25) is 9.59 Å². The van der Waals surface area contributed by atoms with Crippen molar-refractivity contribution in [2.75, 3.05) is 19.8 Å². The van der Waals surface area contributed by atoms with E-state index in [0.29, 0.717) is 26.1 Å². The number of rotatable bonds is 5. The summed E-state index contributed by atoms with van der Waals surface area (Å²) in [4.78, 5) is 21.9. The first-order chi connectivity index (χ1) is 6.22. The van der Waals surface area contributed by atoms with Gasteiger partial charge in [0.2, 0.25) is 0 Å². The number of esters is 1. The van der Waals surface area contributed by atoms with E-state index < -0.39 is 0 Å². The molecule has 13 heavy (non-hydrogen) atoms. The van der Waals surface area contributed by atoms with Crippen molar-refractivity contribution in [3.05, 3.63) is 0 Å². The van der Waals surface area contributed by atoms with Crippen molar-refractivity contribution in [2.24, 2.45) is 5.92 Å². The predicted molar refractivity (Wildman–Crippen MR) is 45.2 cm³/mol. The lowest BCUT2D eigenvalue weighted by Gasteiger charge is -2.04. The molecule has 0 saturated carbocycles. The Morgan fingerprint density at radius 2 is 2.46 bits per heavy atom. The highest BCUT2D eigenvalue weighted by Gasteiger charge is 2.25. The number of hydrogen-bond acceptors (Lipinski definition) is 4. The van der Waals surface area contributed by atoms with Gasteiger partial charge in [0, 0.05) is 18.9 Å². The summed E-state index contributed by atoms with van der Waals surface area (Å²) in [5.41, 5.74) is 0. The molecule has 4 nitrogen and oxygen atoms in total. The van der Waals surface area contributed by atoms with E-state index in [2.05, 4.69) is 0 Å². The maximum absolute atomic E-state index is 11.2. The molecule has 0 radical (unpaired) electrons. The lowest BCUT2D eigenvalue weighted by Crippen LogP contribution is -2.14. The number of carbonyl (C=O) groups is 2. The number of ether oxygens (including phenoxy) is 2. The van der Waals surface area contributed by atoms with Crippen molar-refractivity contribution in [3.63, 3.8) is 0 Å². The molecule has 1 atom stereocenters. The van der Waals surface area contributed by atoms with E-state index in [9.17, 15) is 9.59 Å². The van der Waals surface area contributed by atoms with E-state index in [4.69, 9.17) is 9.47 Å². The first-order valence-corrected chi connectivity index (χ1v) is 4.47. The van der Waals surface area contributed by atoms with Crippen LogP contribution in [0.15, 0.2) is 0 Å². The Bertz CT molecular complexity index is 200. The molecule has 1 unspecified atom stereocenters. The summed E-state index contributed by atoms with van der Waals surface area (Å²) in [7, 11) is 0. The minimum absolute atomic E-state index is 0.0464. The van der Waals surface area contributed by atoms with Crippen molar-refractivity contribution >= 4 is 11.8 Å². The van der Waals surface area contributed by atoms with Gasteiger partial charge in [0.1, 0.15) is 6.61 Å². The molecule has 0 N–H and O–H groups in total. The first-order valence-electron chi connectivity index (χ1n) is 4.47. The maximum Gasteiger partial charge on any atom is 0.306 e. The summed E-state index contributed by atoms with van der Waals surface area (Å²) in [5.74, 6) is -0.0835. The molecule has 0 aromatic rings. The number of carbonyl (C=O) groups excluding carboxylic acids is 2. The van der Waals surface area contributed by atoms with Crippen molar-refractivity contribution in [1.29, 1.82) is 0 Å². The van der Waals surface area contributed by atoms with E-state index in [1.165, 1.54) is 0 Å². The standard InChI is InChI=1S/C9H14O4/c1-2-12-6-8(10)3-7-4-9(11)13-5-7/h7H,2-6H2,1H3. The fraction of sp³-hybridized carbons (Fsp3) is 0.778.